The van der Waals surface area contributed by atoms with Gasteiger partial charge in [0.1, 0.15) is 12.1 Å². The van der Waals surface area contributed by atoms with Crippen LogP contribution in [-0.4, -0.2) is 26.4 Å². The Hall–Kier alpha value is -0.580. The number of rotatable bonds is 2. The molecular formula is C9H13ClN2O2. The smallest absolute Gasteiger partial charge is 0.150 e. The molecule has 1 aliphatic heterocycles. The van der Waals surface area contributed by atoms with Gasteiger partial charge in [-0.3, -0.25) is 0 Å². The van der Waals surface area contributed by atoms with Crippen LogP contribution in [0.2, 0.25) is 5.15 Å². The minimum atomic E-state index is -0.528. The van der Waals surface area contributed by atoms with Crippen LogP contribution in [-0.2, 0) is 12.8 Å². The summed E-state index contributed by atoms with van der Waals surface area (Å²) in [5, 5.41) is 19.1. The van der Waals surface area contributed by atoms with Crippen LogP contribution in [0.25, 0.3) is 0 Å². The third-order valence-electron chi connectivity index (χ3n) is 2.54. The van der Waals surface area contributed by atoms with E-state index in [0.29, 0.717) is 17.4 Å². The first kappa shape index (κ1) is 9.96. The molecule has 1 aliphatic rings. The predicted molar refractivity (Wildman–Crippen MR) is 52.2 cm³/mol. The summed E-state index contributed by atoms with van der Waals surface area (Å²) in [7, 11) is 0. The van der Waals surface area contributed by atoms with Crippen molar-refractivity contribution in [2.45, 2.75) is 31.9 Å². The molecule has 2 rings (SSSR count). The van der Waals surface area contributed by atoms with Gasteiger partial charge >= 0.3 is 0 Å². The summed E-state index contributed by atoms with van der Waals surface area (Å²) in [5.41, 5.74) is 0.897. The maximum absolute atomic E-state index is 9.76. The Morgan fingerprint density at radius 2 is 2.36 bits per heavy atom. The highest BCUT2D eigenvalue weighted by atomic mass is 35.5. The molecule has 1 unspecified atom stereocenters. The van der Waals surface area contributed by atoms with Crippen molar-refractivity contribution in [2.75, 3.05) is 6.61 Å². The van der Waals surface area contributed by atoms with Crippen LogP contribution < -0.4 is 0 Å². The average Bonchev–Trinajstić information content (AvgIpc) is 2.46. The summed E-state index contributed by atoms with van der Waals surface area (Å²) < 4.78 is 1.75. The Morgan fingerprint density at radius 1 is 1.57 bits per heavy atom. The first-order valence-corrected chi connectivity index (χ1v) is 5.16. The standard InChI is InChI=1S/C9H13ClN2O2/c10-9-6-2-1-3-8(14)12(6)7(11-9)4-5-13/h8,13-14H,1-5H2. The fraction of sp³-hybridized carbons (Fsp3) is 0.667. The summed E-state index contributed by atoms with van der Waals surface area (Å²) >= 11 is 5.94. The van der Waals surface area contributed by atoms with E-state index in [-0.39, 0.29) is 6.61 Å². The summed E-state index contributed by atoms with van der Waals surface area (Å²) in [6.45, 7) is 0.0273. The van der Waals surface area contributed by atoms with E-state index in [9.17, 15) is 5.11 Å². The monoisotopic (exact) mass is 216 g/mol. The normalized spacial score (nSPS) is 20.9. The number of aliphatic hydroxyl groups is 2. The molecule has 1 atom stereocenters. The molecule has 0 fully saturated rings. The number of hydrogen-bond acceptors (Lipinski definition) is 3. The Bertz CT molecular complexity index is 338. The van der Waals surface area contributed by atoms with E-state index in [0.717, 1.165) is 25.0 Å². The maximum Gasteiger partial charge on any atom is 0.150 e. The molecule has 5 heteroatoms. The SMILES string of the molecule is OCCc1nc(Cl)c2n1C(O)CCC2. The molecule has 78 valence electrons. The number of nitrogens with zero attached hydrogens (tertiary/aromatic N) is 2. The van der Waals surface area contributed by atoms with Gasteiger partial charge in [0.25, 0.3) is 0 Å². The quantitative estimate of drug-likeness (QED) is 0.772. The molecule has 0 saturated heterocycles. The van der Waals surface area contributed by atoms with Crippen molar-refractivity contribution in [2.24, 2.45) is 0 Å². The highest BCUT2D eigenvalue weighted by Gasteiger charge is 2.24. The lowest BCUT2D eigenvalue weighted by molar-refractivity contribution is 0.0751. The number of halogens is 1. The molecule has 0 bridgehead atoms. The Labute approximate surface area is 87.1 Å². The fourth-order valence-electron chi connectivity index (χ4n) is 1.92. The zero-order chi connectivity index (χ0) is 10.1. The van der Waals surface area contributed by atoms with Gasteiger partial charge in [-0.25, -0.2) is 4.98 Å². The van der Waals surface area contributed by atoms with Crippen molar-refractivity contribution in [3.63, 3.8) is 0 Å². The molecule has 0 spiro atoms. The maximum atomic E-state index is 9.76. The highest BCUT2D eigenvalue weighted by molar-refractivity contribution is 6.30. The van der Waals surface area contributed by atoms with E-state index in [4.69, 9.17) is 16.7 Å². The first-order valence-electron chi connectivity index (χ1n) is 4.78. The van der Waals surface area contributed by atoms with E-state index in [2.05, 4.69) is 4.98 Å². The minimum Gasteiger partial charge on any atom is -0.396 e. The third kappa shape index (κ3) is 1.54. The van der Waals surface area contributed by atoms with Gasteiger partial charge < -0.3 is 14.8 Å². The fourth-order valence-corrected chi connectivity index (χ4v) is 2.20. The lowest BCUT2D eigenvalue weighted by atomic mass is 10.1. The Kier molecular flexibility index (Phi) is 2.76. The largest absolute Gasteiger partial charge is 0.396 e. The molecule has 14 heavy (non-hydrogen) atoms. The molecule has 4 nitrogen and oxygen atoms in total. The first-order chi connectivity index (χ1) is 6.74. The number of imidazole rings is 1. The topological polar surface area (TPSA) is 58.3 Å². The molecule has 0 aromatic carbocycles. The van der Waals surface area contributed by atoms with Gasteiger partial charge in [-0.2, -0.15) is 0 Å². The van der Waals surface area contributed by atoms with Crippen LogP contribution in [0.3, 0.4) is 0 Å². The molecule has 0 saturated carbocycles. The predicted octanol–water partition coefficient (Wildman–Crippen LogP) is 0.899. The summed E-state index contributed by atoms with van der Waals surface area (Å²) in [6, 6.07) is 0. The summed E-state index contributed by atoms with van der Waals surface area (Å²) in [6.07, 6.45) is 2.44. The number of hydrogen-bond donors (Lipinski definition) is 2. The van der Waals surface area contributed by atoms with Crippen molar-refractivity contribution in [3.8, 4) is 0 Å². The van der Waals surface area contributed by atoms with Crippen LogP contribution in [0, 0.1) is 0 Å². The second-order valence-electron chi connectivity index (χ2n) is 3.48. The zero-order valence-corrected chi connectivity index (χ0v) is 8.54. The number of fused-ring (bicyclic) bond motifs is 1. The van der Waals surface area contributed by atoms with Crippen LogP contribution in [0.4, 0.5) is 0 Å². The molecule has 2 N–H and O–H groups in total. The van der Waals surface area contributed by atoms with Gasteiger partial charge in [0.05, 0.1) is 12.3 Å². The van der Waals surface area contributed by atoms with Gasteiger partial charge in [-0.1, -0.05) is 11.6 Å². The Balaban J connectivity index is 2.42. The second kappa shape index (κ2) is 3.88. The van der Waals surface area contributed by atoms with Gasteiger partial charge in [0, 0.05) is 6.42 Å². The highest BCUT2D eigenvalue weighted by Crippen LogP contribution is 2.29. The van der Waals surface area contributed by atoms with E-state index in [1.165, 1.54) is 0 Å². The zero-order valence-electron chi connectivity index (χ0n) is 7.78. The molecule has 1 aromatic rings. The molecular weight excluding hydrogens is 204 g/mol. The Morgan fingerprint density at radius 3 is 3.07 bits per heavy atom. The van der Waals surface area contributed by atoms with Gasteiger partial charge in [0.2, 0.25) is 0 Å². The van der Waals surface area contributed by atoms with Gasteiger partial charge in [-0.05, 0) is 19.3 Å². The summed E-state index contributed by atoms with van der Waals surface area (Å²) in [4.78, 5) is 4.14. The summed E-state index contributed by atoms with van der Waals surface area (Å²) in [5.74, 6) is 0.680. The molecule has 1 aromatic heterocycles. The minimum absolute atomic E-state index is 0.0273. The van der Waals surface area contributed by atoms with Gasteiger partial charge in [-0.15, -0.1) is 0 Å². The van der Waals surface area contributed by atoms with E-state index in [1.807, 2.05) is 0 Å². The van der Waals surface area contributed by atoms with Gasteiger partial charge in [0.15, 0.2) is 5.15 Å². The van der Waals surface area contributed by atoms with Crippen LogP contribution in [0.5, 0.6) is 0 Å². The van der Waals surface area contributed by atoms with Crippen molar-refractivity contribution < 1.29 is 10.2 Å². The third-order valence-corrected chi connectivity index (χ3v) is 2.85. The lowest BCUT2D eigenvalue weighted by Crippen LogP contribution is -2.19. The van der Waals surface area contributed by atoms with Crippen LogP contribution in [0.1, 0.15) is 30.6 Å². The van der Waals surface area contributed by atoms with E-state index in [1.54, 1.807) is 4.57 Å². The molecule has 0 amide bonds. The van der Waals surface area contributed by atoms with Crippen LogP contribution >= 0.6 is 11.6 Å². The molecule has 2 heterocycles. The number of aliphatic hydroxyl groups excluding tert-OH is 2. The second-order valence-corrected chi connectivity index (χ2v) is 3.84. The van der Waals surface area contributed by atoms with Crippen molar-refractivity contribution in [3.05, 3.63) is 16.7 Å². The van der Waals surface area contributed by atoms with Crippen molar-refractivity contribution in [1.29, 1.82) is 0 Å². The van der Waals surface area contributed by atoms with Crippen molar-refractivity contribution in [1.82, 2.24) is 9.55 Å². The molecule has 0 aliphatic carbocycles. The molecule has 0 radical (unpaired) electrons. The average molecular weight is 217 g/mol. The van der Waals surface area contributed by atoms with Crippen LogP contribution in [0.15, 0.2) is 0 Å². The van der Waals surface area contributed by atoms with E-state index < -0.39 is 6.23 Å². The number of aromatic nitrogens is 2. The lowest BCUT2D eigenvalue weighted by Gasteiger charge is -2.22. The van der Waals surface area contributed by atoms with E-state index >= 15 is 0 Å². The van der Waals surface area contributed by atoms with Crippen molar-refractivity contribution >= 4 is 11.6 Å².